The molecule has 150 valence electrons. The van der Waals surface area contributed by atoms with E-state index in [1.165, 1.54) is 7.11 Å². The number of pyridine rings is 1. The van der Waals surface area contributed by atoms with E-state index in [9.17, 15) is 9.59 Å². The normalized spacial score (nSPS) is 17.1. The molecule has 2 aromatic heterocycles. The molecule has 8 heteroatoms. The van der Waals surface area contributed by atoms with Crippen molar-refractivity contribution in [3.63, 3.8) is 0 Å². The number of carbonyl (C=O) groups is 2. The number of esters is 1. The fourth-order valence-corrected chi connectivity index (χ4v) is 3.53. The van der Waals surface area contributed by atoms with Crippen LogP contribution < -0.4 is 0 Å². The number of aromatic nitrogens is 4. The molecule has 0 N–H and O–H groups in total. The molecule has 0 aliphatic carbocycles. The maximum absolute atomic E-state index is 12.9. The zero-order valence-corrected chi connectivity index (χ0v) is 16.7. The van der Waals surface area contributed by atoms with Gasteiger partial charge in [0.15, 0.2) is 11.6 Å². The summed E-state index contributed by atoms with van der Waals surface area (Å²) in [6.07, 6.45) is 5.46. The molecular formula is C20H27N5O3. The second-order valence-corrected chi connectivity index (χ2v) is 7.11. The van der Waals surface area contributed by atoms with Crippen LogP contribution in [0.4, 0.5) is 0 Å². The van der Waals surface area contributed by atoms with Crippen molar-refractivity contribution < 1.29 is 14.3 Å². The molecule has 0 fully saturated rings. The SMILES string of the molecule is CC[C@H](C)[C@H]1c2nc(-c3cccnc3)nn2CCN1C(=O)CCCC(=O)OC. The van der Waals surface area contributed by atoms with Crippen LogP contribution in [-0.4, -0.2) is 50.2 Å². The molecule has 3 heterocycles. The minimum Gasteiger partial charge on any atom is -0.469 e. The third-order valence-corrected chi connectivity index (χ3v) is 5.28. The summed E-state index contributed by atoms with van der Waals surface area (Å²) in [6, 6.07) is 3.67. The van der Waals surface area contributed by atoms with Crippen molar-refractivity contribution in [1.82, 2.24) is 24.6 Å². The van der Waals surface area contributed by atoms with Crippen molar-refractivity contribution in [1.29, 1.82) is 0 Å². The fraction of sp³-hybridized carbons (Fsp3) is 0.550. The van der Waals surface area contributed by atoms with Crippen molar-refractivity contribution in [2.75, 3.05) is 13.7 Å². The lowest BCUT2D eigenvalue weighted by Crippen LogP contribution is -2.45. The summed E-state index contributed by atoms with van der Waals surface area (Å²) >= 11 is 0. The van der Waals surface area contributed by atoms with Crippen LogP contribution in [0.25, 0.3) is 11.4 Å². The Morgan fingerprint density at radius 3 is 2.82 bits per heavy atom. The smallest absolute Gasteiger partial charge is 0.305 e. The lowest BCUT2D eigenvalue weighted by atomic mass is 9.95. The topological polar surface area (TPSA) is 90.2 Å². The van der Waals surface area contributed by atoms with E-state index in [0.29, 0.717) is 31.8 Å². The Bertz CT molecular complexity index is 821. The molecule has 28 heavy (non-hydrogen) atoms. The average Bonchev–Trinajstić information content (AvgIpc) is 3.17. The first-order valence-electron chi connectivity index (χ1n) is 9.76. The number of ether oxygens (including phenoxy) is 1. The highest BCUT2D eigenvalue weighted by atomic mass is 16.5. The van der Waals surface area contributed by atoms with Gasteiger partial charge in [-0.25, -0.2) is 9.67 Å². The van der Waals surface area contributed by atoms with Crippen molar-refractivity contribution in [3.05, 3.63) is 30.4 Å². The van der Waals surface area contributed by atoms with Gasteiger partial charge in [-0.15, -0.1) is 0 Å². The molecule has 1 amide bonds. The minimum atomic E-state index is -0.286. The highest BCUT2D eigenvalue weighted by Gasteiger charge is 2.36. The van der Waals surface area contributed by atoms with E-state index in [2.05, 4.69) is 28.7 Å². The highest BCUT2D eigenvalue weighted by molar-refractivity contribution is 5.77. The number of methoxy groups -OCH3 is 1. The Morgan fingerprint density at radius 2 is 2.14 bits per heavy atom. The molecule has 0 saturated carbocycles. The summed E-state index contributed by atoms with van der Waals surface area (Å²) in [5.41, 5.74) is 0.864. The number of fused-ring (bicyclic) bond motifs is 1. The number of carbonyl (C=O) groups excluding carboxylic acids is 2. The van der Waals surface area contributed by atoms with Gasteiger partial charge >= 0.3 is 5.97 Å². The van der Waals surface area contributed by atoms with Gasteiger partial charge in [-0.05, 0) is 24.5 Å². The number of nitrogens with zero attached hydrogens (tertiary/aromatic N) is 5. The summed E-state index contributed by atoms with van der Waals surface area (Å²) in [5.74, 6) is 1.46. The van der Waals surface area contributed by atoms with E-state index >= 15 is 0 Å². The second kappa shape index (κ2) is 8.95. The van der Waals surface area contributed by atoms with E-state index in [1.54, 1.807) is 12.4 Å². The van der Waals surface area contributed by atoms with Crippen LogP contribution in [-0.2, 0) is 20.9 Å². The fourth-order valence-electron chi connectivity index (χ4n) is 3.53. The third-order valence-electron chi connectivity index (χ3n) is 5.28. The second-order valence-electron chi connectivity index (χ2n) is 7.11. The van der Waals surface area contributed by atoms with Crippen LogP contribution in [0.1, 0.15) is 51.4 Å². The van der Waals surface area contributed by atoms with E-state index in [4.69, 9.17) is 4.98 Å². The lowest BCUT2D eigenvalue weighted by molar-refractivity contribution is -0.141. The minimum absolute atomic E-state index is 0.0476. The predicted molar refractivity (Wildman–Crippen MR) is 103 cm³/mol. The molecule has 1 aliphatic heterocycles. The van der Waals surface area contributed by atoms with Crippen LogP contribution in [0, 0.1) is 5.92 Å². The van der Waals surface area contributed by atoms with Gasteiger partial charge in [0, 0.05) is 37.3 Å². The van der Waals surface area contributed by atoms with Crippen LogP contribution in [0.3, 0.4) is 0 Å². The first kappa shape index (κ1) is 20.0. The number of hydrogen-bond acceptors (Lipinski definition) is 6. The van der Waals surface area contributed by atoms with Gasteiger partial charge in [0.25, 0.3) is 0 Å². The molecule has 0 bridgehead atoms. The van der Waals surface area contributed by atoms with E-state index in [0.717, 1.165) is 17.8 Å². The molecule has 0 aromatic carbocycles. The number of hydrogen-bond donors (Lipinski definition) is 0. The molecule has 1 aliphatic rings. The molecule has 0 radical (unpaired) electrons. The van der Waals surface area contributed by atoms with Gasteiger partial charge in [0.2, 0.25) is 5.91 Å². The molecule has 2 atom stereocenters. The van der Waals surface area contributed by atoms with Crippen molar-refractivity contribution >= 4 is 11.9 Å². The molecule has 2 aromatic rings. The molecular weight excluding hydrogens is 358 g/mol. The van der Waals surface area contributed by atoms with Crippen LogP contribution >= 0.6 is 0 Å². The van der Waals surface area contributed by atoms with Crippen LogP contribution in [0.5, 0.6) is 0 Å². The maximum Gasteiger partial charge on any atom is 0.305 e. The summed E-state index contributed by atoms with van der Waals surface area (Å²) in [4.78, 5) is 35.0. The first-order chi connectivity index (χ1) is 13.5. The van der Waals surface area contributed by atoms with Crippen molar-refractivity contribution in [2.45, 2.75) is 52.1 Å². The highest BCUT2D eigenvalue weighted by Crippen LogP contribution is 2.34. The summed E-state index contributed by atoms with van der Waals surface area (Å²) in [6.45, 7) is 5.45. The van der Waals surface area contributed by atoms with Gasteiger partial charge in [-0.3, -0.25) is 14.6 Å². The Morgan fingerprint density at radius 1 is 1.32 bits per heavy atom. The maximum atomic E-state index is 12.9. The standard InChI is InChI=1S/C20H27N5O3/c1-4-14(2)18-20-22-19(15-7-6-10-21-13-15)23-25(20)12-11-24(18)16(26)8-5-9-17(27)28-3/h6-7,10,13-14,18H,4-5,8-9,11-12H2,1-3H3/t14-,18-/m0/s1. The van der Waals surface area contributed by atoms with Gasteiger partial charge < -0.3 is 9.64 Å². The van der Waals surface area contributed by atoms with Crippen LogP contribution in [0.15, 0.2) is 24.5 Å². The predicted octanol–water partition coefficient (Wildman–Crippen LogP) is 2.61. The van der Waals surface area contributed by atoms with E-state index < -0.39 is 0 Å². The van der Waals surface area contributed by atoms with Gasteiger partial charge in [0.1, 0.15) is 0 Å². The first-order valence-corrected chi connectivity index (χ1v) is 9.76. The molecule has 0 spiro atoms. The monoisotopic (exact) mass is 385 g/mol. The van der Waals surface area contributed by atoms with E-state index in [-0.39, 0.29) is 30.3 Å². The Balaban J connectivity index is 1.82. The lowest BCUT2D eigenvalue weighted by Gasteiger charge is -2.38. The third kappa shape index (κ3) is 4.21. The molecule has 0 saturated heterocycles. The van der Waals surface area contributed by atoms with Gasteiger partial charge in [-0.1, -0.05) is 20.3 Å². The Kier molecular flexibility index (Phi) is 6.38. The summed E-state index contributed by atoms with van der Waals surface area (Å²) < 4.78 is 6.57. The molecule has 3 rings (SSSR count). The number of amides is 1. The van der Waals surface area contributed by atoms with Gasteiger partial charge in [-0.2, -0.15) is 5.10 Å². The Labute approximate surface area is 164 Å². The summed E-state index contributed by atoms with van der Waals surface area (Å²) in [7, 11) is 1.36. The van der Waals surface area contributed by atoms with E-state index in [1.807, 2.05) is 21.7 Å². The van der Waals surface area contributed by atoms with Crippen molar-refractivity contribution in [3.8, 4) is 11.4 Å². The molecule has 0 unspecified atom stereocenters. The largest absolute Gasteiger partial charge is 0.469 e. The quantitative estimate of drug-likeness (QED) is 0.681. The number of rotatable bonds is 7. The molecule has 8 nitrogen and oxygen atoms in total. The average molecular weight is 385 g/mol. The zero-order chi connectivity index (χ0) is 20.1. The van der Waals surface area contributed by atoms with Gasteiger partial charge in [0.05, 0.1) is 19.7 Å². The van der Waals surface area contributed by atoms with Crippen LogP contribution in [0.2, 0.25) is 0 Å². The summed E-state index contributed by atoms with van der Waals surface area (Å²) in [5, 5.41) is 4.64. The van der Waals surface area contributed by atoms with Crippen molar-refractivity contribution in [2.24, 2.45) is 5.92 Å². The Hall–Kier alpha value is -2.77. The zero-order valence-electron chi connectivity index (χ0n) is 16.7.